The summed E-state index contributed by atoms with van der Waals surface area (Å²) in [5, 5.41) is 15.4. The van der Waals surface area contributed by atoms with Crippen molar-refractivity contribution in [1.82, 2.24) is 35.2 Å². The van der Waals surface area contributed by atoms with Crippen molar-refractivity contribution < 1.29 is 4.74 Å². The molecule has 1 atom stereocenters. The fraction of sp³-hybridized carbons (Fsp3) is 0.591. The quantitative estimate of drug-likeness (QED) is 0.287. The SMILES string of the molecule is COc1ccc(CCNC(=NCc2nnc(C)n2C)NCC2CN3CCN2CC3)cc1.I. The summed E-state index contributed by atoms with van der Waals surface area (Å²) in [6.07, 6.45) is 0.914. The van der Waals surface area contributed by atoms with Crippen LogP contribution in [-0.4, -0.2) is 89.5 Å². The number of rotatable bonds is 8. The van der Waals surface area contributed by atoms with E-state index in [0.717, 1.165) is 49.4 Å². The first-order valence-electron chi connectivity index (χ1n) is 11.1. The maximum Gasteiger partial charge on any atom is 0.191 e. The van der Waals surface area contributed by atoms with Gasteiger partial charge in [-0.3, -0.25) is 9.80 Å². The normalized spacial score (nSPS) is 22.3. The van der Waals surface area contributed by atoms with Crippen LogP contribution in [0.15, 0.2) is 29.3 Å². The number of aliphatic imine (C=N–C) groups is 1. The number of benzene rings is 1. The third kappa shape index (κ3) is 6.32. The van der Waals surface area contributed by atoms with Gasteiger partial charge in [-0.15, -0.1) is 34.2 Å². The van der Waals surface area contributed by atoms with Crippen LogP contribution in [0, 0.1) is 6.92 Å². The second-order valence-electron chi connectivity index (χ2n) is 8.28. The number of aryl methyl sites for hydroxylation is 1. The van der Waals surface area contributed by atoms with Gasteiger partial charge in [-0.1, -0.05) is 12.1 Å². The maximum absolute atomic E-state index is 5.24. The van der Waals surface area contributed by atoms with Crippen LogP contribution in [0.2, 0.25) is 0 Å². The van der Waals surface area contributed by atoms with Crippen LogP contribution in [0.25, 0.3) is 0 Å². The van der Waals surface area contributed by atoms with Crippen LogP contribution in [-0.2, 0) is 20.0 Å². The number of ether oxygens (including phenoxy) is 1. The number of nitrogens with zero attached hydrogens (tertiary/aromatic N) is 6. The van der Waals surface area contributed by atoms with E-state index in [-0.39, 0.29) is 24.0 Å². The van der Waals surface area contributed by atoms with Crippen molar-refractivity contribution in [1.29, 1.82) is 0 Å². The van der Waals surface area contributed by atoms with Crippen LogP contribution in [0.1, 0.15) is 17.2 Å². The molecule has 2 bridgehead atoms. The molecule has 3 fully saturated rings. The van der Waals surface area contributed by atoms with Gasteiger partial charge in [0, 0.05) is 58.9 Å². The van der Waals surface area contributed by atoms with Crippen molar-refractivity contribution in [2.45, 2.75) is 25.9 Å². The number of nitrogens with one attached hydrogen (secondary N) is 2. The summed E-state index contributed by atoms with van der Waals surface area (Å²) >= 11 is 0. The van der Waals surface area contributed by atoms with Gasteiger partial charge in [-0.05, 0) is 31.0 Å². The van der Waals surface area contributed by atoms with E-state index in [1.54, 1.807) is 7.11 Å². The highest BCUT2D eigenvalue weighted by atomic mass is 127. The molecule has 1 aromatic carbocycles. The Morgan fingerprint density at radius 1 is 1.12 bits per heavy atom. The highest BCUT2D eigenvalue weighted by molar-refractivity contribution is 14.0. The topological polar surface area (TPSA) is 82.8 Å². The predicted octanol–water partition coefficient (Wildman–Crippen LogP) is 1.03. The average Bonchev–Trinajstić information content (AvgIpc) is 3.14. The van der Waals surface area contributed by atoms with Gasteiger partial charge in [-0.25, -0.2) is 4.99 Å². The lowest BCUT2D eigenvalue weighted by Gasteiger charge is -2.47. The number of hydrogen-bond donors (Lipinski definition) is 2. The minimum absolute atomic E-state index is 0. The number of hydrogen-bond acceptors (Lipinski definition) is 6. The van der Waals surface area contributed by atoms with Crippen LogP contribution in [0.3, 0.4) is 0 Å². The summed E-state index contributed by atoms with van der Waals surface area (Å²) < 4.78 is 7.23. The van der Waals surface area contributed by atoms with Gasteiger partial charge in [0.05, 0.1) is 7.11 Å². The molecule has 3 saturated heterocycles. The van der Waals surface area contributed by atoms with Gasteiger partial charge < -0.3 is 19.9 Å². The molecule has 176 valence electrons. The molecule has 0 spiro atoms. The van der Waals surface area contributed by atoms with Gasteiger partial charge in [0.2, 0.25) is 0 Å². The molecule has 0 radical (unpaired) electrons. The van der Waals surface area contributed by atoms with Gasteiger partial charge in [-0.2, -0.15) is 0 Å². The summed E-state index contributed by atoms with van der Waals surface area (Å²) in [7, 11) is 3.67. The van der Waals surface area contributed by atoms with Gasteiger partial charge in [0.1, 0.15) is 18.1 Å². The van der Waals surface area contributed by atoms with Crippen LogP contribution >= 0.6 is 24.0 Å². The molecule has 3 aliphatic rings. The van der Waals surface area contributed by atoms with Crippen LogP contribution < -0.4 is 15.4 Å². The highest BCUT2D eigenvalue weighted by Crippen LogP contribution is 2.15. The molecule has 32 heavy (non-hydrogen) atoms. The first-order valence-corrected chi connectivity index (χ1v) is 11.1. The van der Waals surface area contributed by atoms with E-state index in [1.807, 2.05) is 30.7 Å². The zero-order chi connectivity index (χ0) is 21.6. The molecular weight excluding hydrogens is 519 g/mol. The largest absolute Gasteiger partial charge is 0.497 e. The van der Waals surface area contributed by atoms with E-state index in [1.165, 1.54) is 31.7 Å². The van der Waals surface area contributed by atoms with Crippen molar-refractivity contribution in [3.63, 3.8) is 0 Å². The molecule has 10 heteroatoms. The van der Waals surface area contributed by atoms with E-state index in [2.05, 4.69) is 42.8 Å². The number of methoxy groups -OCH3 is 1. The molecule has 1 aromatic heterocycles. The van der Waals surface area contributed by atoms with Gasteiger partial charge >= 0.3 is 0 Å². The lowest BCUT2D eigenvalue weighted by molar-refractivity contribution is 0.0154. The van der Waals surface area contributed by atoms with E-state index >= 15 is 0 Å². The monoisotopic (exact) mass is 554 g/mol. The Balaban J connectivity index is 0.00000289. The summed E-state index contributed by atoms with van der Waals surface area (Å²) in [4.78, 5) is 9.94. The first-order chi connectivity index (χ1) is 15.1. The third-order valence-electron chi connectivity index (χ3n) is 6.32. The number of halogens is 1. The van der Waals surface area contributed by atoms with Crippen molar-refractivity contribution >= 4 is 29.9 Å². The Hall–Kier alpha value is -1.92. The molecule has 0 amide bonds. The minimum Gasteiger partial charge on any atom is -0.497 e. The zero-order valence-electron chi connectivity index (χ0n) is 19.3. The zero-order valence-corrected chi connectivity index (χ0v) is 21.6. The molecule has 9 nitrogen and oxygen atoms in total. The van der Waals surface area contributed by atoms with Crippen molar-refractivity contribution in [3.05, 3.63) is 41.5 Å². The second-order valence-corrected chi connectivity index (χ2v) is 8.28. The van der Waals surface area contributed by atoms with Crippen LogP contribution in [0.4, 0.5) is 0 Å². The van der Waals surface area contributed by atoms with E-state index in [0.29, 0.717) is 12.6 Å². The van der Waals surface area contributed by atoms with E-state index in [4.69, 9.17) is 9.73 Å². The number of piperazine rings is 3. The Bertz CT molecular complexity index is 877. The van der Waals surface area contributed by atoms with E-state index < -0.39 is 0 Å². The maximum atomic E-state index is 5.24. The van der Waals surface area contributed by atoms with Crippen molar-refractivity contribution in [2.24, 2.45) is 12.0 Å². The molecule has 0 saturated carbocycles. The highest BCUT2D eigenvalue weighted by Gasteiger charge is 2.31. The second kappa shape index (κ2) is 11.8. The summed E-state index contributed by atoms with van der Waals surface area (Å²) in [6, 6.07) is 8.75. The number of fused-ring (bicyclic) bond motifs is 3. The molecule has 5 rings (SSSR count). The Morgan fingerprint density at radius 3 is 2.47 bits per heavy atom. The van der Waals surface area contributed by atoms with Crippen molar-refractivity contribution in [2.75, 3.05) is 52.9 Å². The molecule has 1 unspecified atom stereocenters. The lowest BCUT2D eigenvalue weighted by Crippen LogP contribution is -2.63. The molecule has 2 N–H and O–H groups in total. The minimum atomic E-state index is 0. The Morgan fingerprint density at radius 2 is 1.88 bits per heavy atom. The summed E-state index contributed by atoms with van der Waals surface area (Å²) in [5.41, 5.74) is 1.26. The fourth-order valence-corrected chi connectivity index (χ4v) is 4.16. The number of guanidine groups is 1. The predicted molar refractivity (Wildman–Crippen MR) is 137 cm³/mol. The van der Waals surface area contributed by atoms with Crippen molar-refractivity contribution in [3.8, 4) is 5.75 Å². The molecule has 2 aromatic rings. The third-order valence-corrected chi connectivity index (χ3v) is 6.32. The van der Waals surface area contributed by atoms with E-state index in [9.17, 15) is 0 Å². The summed E-state index contributed by atoms with van der Waals surface area (Å²) in [6.45, 7) is 10.0. The molecule has 3 aliphatic heterocycles. The van der Waals surface area contributed by atoms with Gasteiger partial charge in [0.25, 0.3) is 0 Å². The average molecular weight is 554 g/mol. The smallest absolute Gasteiger partial charge is 0.191 e. The van der Waals surface area contributed by atoms with Crippen LogP contribution in [0.5, 0.6) is 5.75 Å². The Labute approximate surface area is 207 Å². The summed E-state index contributed by atoms with van der Waals surface area (Å²) in [5.74, 6) is 3.46. The number of aromatic nitrogens is 3. The Kier molecular flexibility index (Phi) is 9.11. The molecule has 0 aliphatic carbocycles. The first kappa shape index (κ1) is 24.7. The van der Waals surface area contributed by atoms with Gasteiger partial charge in [0.15, 0.2) is 11.8 Å². The molecular formula is C22H35IN8O. The lowest BCUT2D eigenvalue weighted by atomic mass is 10.1. The molecule has 4 heterocycles. The fourth-order valence-electron chi connectivity index (χ4n) is 4.16. The standard InChI is InChI=1S/C22H34N8O.HI/c1-17-26-27-21(28(17)2)15-25-22(23-9-8-18-4-6-20(31-3)7-5-18)24-14-19-16-29-10-12-30(19)13-11-29;/h4-7,19H,8-16H2,1-3H3,(H2,23,24,25);1H.